The first-order valence-corrected chi connectivity index (χ1v) is 13.2. The number of amides is 1. The quantitative estimate of drug-likeness (QED) is 0.551. The molecule has 39 heavy (non-hydrogen) atoms. The zero-order valence-electron chi connectivity index (χ0n) is 22.0. The SMILES string of the molecule is C[C@@H]1C[C@@H](O)c2ncnc(N3CCN(C(=O)C(c4ccc(C(F)(F)F)c(F)c4F)C4CCC(C)(C)N4)CC3)c21. The maximum Gasteiger partial charge on any atom is 0.419 e. The number of nitrogens with one attached hydrogen (secondary N) is 1. The molecule has 2 saturated heterocycles. The molecule has 0 saturated carbocycles. The van der Waals surface area contributed by atoms with Crippen molar-refractivity contribution in [2.45, 2.75) is 75.7 Å². The largest absolute Gasteiger partial charge is 0.419 e. The Balaban J connectivity index is 1.40. The number of carbonyl (C=O) groups excluding carboxylic acids is 1. The molecule has 12 heteroatoms. The fraction of sp³-hybridized carbons (Fsp3) is 0.593. The molecule has 2 N–H and O–H groups in total. The molecule has 4 atom stereocenters. The average Bonchev–Trinajstić information content (AvgIpc) is 3.38. The van der Waals surface area contributed by atoms with Crippen LogP contribution in [0.2, 0.25) is 0 Å². The average molecular weight is 554 g/mol. The number of piperazine rings is 1. The number of fused-ring (bicyclic) bond motifs is 1. The van der Waals surface area contributed by atoms with E-state index in [4.69, 9.17) is 0 Å². The lowest BCUT2D eigenvalue weighted by atomic mass is 9.87. The molecular weight excluding hydrogens is 521 g/mol. The lowest BCUT2D eigenvalue weighted by Crippen LogP contribution is -2.53. The lowest BCUT2D eigenvalue weighted by Gasteiger charge is -2.39. The van der Waals surface area contributed by atoms with Gasteiger partial charge in [0.05, 0.1) is 23.3 Å². The van der Waals surface area contributed by atoms with Crippen LogP contribution < -0.4 is 10.2 Å². The highest BCUT2D eigenvalue weighted by Gasteiger charge is 2.44. The Hall–Kier alpha value is -2.86. The van der Waals surface area contributed by atoms with Crippen molar-refractivity contribution in [1.29, 1.82) is 0 Å². The van der Waals surface area contributed by atoms with Crippen molar-refractivity contribution in [2.24, 2.45) is 0 Å². The number of nitrogens with zero attached hydrogens (tertiary/aromatic N) is 4. The number of aliphatic hydroxyl groups is 1. The Morgan fingerprint density at radius 1 is 1.13 bits per heavy atom. The number of halogens is 5. The van der Waals surface area contributed by atoms with Crippen LogP contribution >= 0.6 is 0 Å². The van der Waals surface area contributed by atoms with Crippen LogP contribution in [0.3, 0.4) is 0 Å². The van der Waals surface area contributed by atoms with Crippen molar-refractivity contribution in [3.63, 3.8) is 0 Å². The number of hydrogen-bond donors (Lipinski definition) is 2. The molecule has 1 aliphatic carbocycles. The summed E-state index contributed by atoms with van der Waals surface area (Å²) in [6.45, 7) is 7.22. The highest BCUT2D eigenvalue weighted by Crippen LogP contribution is 2.43. The Bertz CT molecular complexity index is 1260. The van der Waals surface area contributed by atoms with Gasteiger partial charge in [-0.05, 0) is 45.1 Å². The molecule has 2 aliphatic heterocycles. The number of aliphatic hydroxyl groups excluding tert-OH is 1. The second-order valence-electron chi connectivity index (χ2n) is 11.4. The number of alkyl halides is 3. The van der Waals surface area contributed by atoms with E-state index >= 15 is 4.39 Å². The molecule has 1 aromatic heterocycles. The molecule has 0 bridgehead atoms. The van der Waals surface area contributed by atoms with Crippen molar-refractivity contribution in [2.75, 3.05) is 31.1 Å². The van der Waals surface area contributed by atoms with E-state index in [2.05, 4.69) is 15.3 Å². The van der Waals surface area contributed by atoms with E-state index < -0.39 is 47.3 Å². The first kappa shape index (κ1) is 27.7. The second kappa shape index (κ2) is 9.96. The second-order valence-corrected chi connectivity index (χ2v) is 11.4. The summed E-state index contributed by atoms with van der Waals surface area (Å²) in [4.78, 5) is 26.1. The van der Waals surface area contributed by atoms with Gasteiger partial charge in [0.2, 0.25) is 5.91 Å². The Labute approximate surface area is 223 Å². The van der Waals surface area contributed by atoms with E-state index in [0.29, 0.717) is 49.9 Å². The van der Waals surface area contributed by atoms with Gasteiger partial charge in [-0.1, -0.05) is 13.0 Å². The smallest absolute Gasteiger partial charge is 0.387 e. The minimum absolute atomic E-state index is 0.0737. The zero-order chi connectivity index (χ0) is 28.3. The van der Waals surface area contributed by atoms with Gasteiger partial charge in [0.25, 0.3) is 0 Å². The molecule has 1 amide bonds. The van der Waals surface area contributed by atoms with Crippen molar-refractivity contribution in [3.05, 3.63) is 52.5 Å². The summed E-state index contributed by atoms with van der Waals surface area (Å²) in [6.07, 6.45) is -2.58. The summed E-state index contributed by atoms with van der Waals surface area (Å²) in [7, 11) is 0. The van der Waals surface area contributed by atoms with E-state index in [1.807, 2.05) is 25.7 Å². The lowest BCUT2D eigenvalue weighted by molar-refractivity contribution is -0.140. The number of aromatic nitrogens is 2. The van der Waals surface area contributed by atoms with E-state index in [1.165, 1.54) is 6.33 Å². The van der Waals surface area contributed by atoms with Gasteiger partial charge in [0.15, 0.2) is 11.6 Å². The number of anilines is 1. The van der Waals surface area contributed by atoms with Crippen LogP contribution in [0.1, 0.15) is 80.4 Å². The highest BCUT2D eigenvalue weighted by molar-refractivity contribution is 5.85. The van der Waals surface area contributed by atoms with Crippen LogP contribution in [-0.2, 0) is 11.0 Å². The van der Waals surface area contributed by atoms with Gasteiger partial charge < -0.3 is 20.2 Å². The number of carbonyl (C=O) groups is 1. The maximum absolute atomic E-state index is 15.2. The molecule has 0 radical (unpaired) electrons. The molecule has 3 heterocycles. The van der Waals surface area contributed by atoms with Gasteiger partial charge in [0.1, 0.15) is 12.1 Å². The van der Waals surface area contributed by atoms with Crippen molar-refractivity contribution in [1.82, 2.24) is 20.2 Å². The monoisotopic (exact) mass is 553 g/mol. The third-order valence-corrected chi connectivity index (χ3v) is 8.25. The van der Waals surface area contributed by atoms with Gasteiger partial charge in [0, 0.05) is 48.9 Å². The summed E-state index contributed by atoms with van der Waals surface area (Å²) in [5.41, 5.74) is -0.931. The zero-order valence-corrected chi connectivity index (χ0v) is 22.0. The predicted octanol–water partition coefficient (Wildman–Crippen LogP) is 4.28. The summed E-state index contributed by atoms with van der Waals surface area (Å²) in [5.74, 6) is -4.49. The molecule has 5 rings (SSSR count). The molecule has 1 aromatic carbocycles. The van der Waals surface area contributed by atoms with E-state index in [0.717, 1.165) is 11.6 Å². The first-order valence-electron chi connectivity index (χ1n) is 13.2. The summed E-state index contributed by atoms with van der Waals surface area (Å²) < 4.78 is 69.4. The molecule has 3 aliphatic rings. The minimum atomic E-state index is -5.05. The molecule has 2 unspecified atom stereocenters. The van der Waals surface area contributed by atoms with Gasteiger partial charge in [-0.3, -0.25) is 4.79 Å². The van der Waals surface area contributed by atoms with Crippen LogP contribution in [0.15, 0.2) is 18.5 Å². The van der Waals surface area contributed by atoms with Crippen LogP contribution in [0, 0.1) is 11.6 Å². The minimum Gasteiger partial charge on any atom is -0.387 e. The molecular formula is C27H32F5N5O2. The summed E-state index contributed by atoms with van der Waals surface area (Å²) in [5, 5.41) is 13.6. The number of benzene rings is 1. The topological polar surface area (TPSA) is 81.6 Å². The van der Waals surface area contributed by atoms with Crippen LogP contribution in [0.25, 0.3) is 0 Å². The Morgan fingerprint density at radius 3 is 2.44 bits per heavy atom. The van der Waals surface area contributed by atoms with E-state index in [9.17, 15) is 27.5 Å². The fourth-order valence-corrected chi connectivity index (χ4v) is 6.25. The Kier molecular flexibility index (Phi) is 7.07. The fourth-order valence-electron chi connectivity index (χ4n) is 6.25. The van der Waals surface area contributed by atoms with E-state index in [-0.39, 0.29) is 30.1 Å². The van der Waals surface area contributed by atoms with Crippen LogP contribution in [-0.4, -0.2) is 63.6 Å². The third-order valence-electron chi connectivity index (χ3n) is 8.25. The Morgan fingerprint density at radius 2 is 1.82 bits per heavy atom. The van der Waals surface area contributed by atoms with Crippen LogP contribution in [0.4, 0.5) is 27.8 Å². The van der Waals surface area contributed by atoms with Gasteiger partial charge in [-0.25, -0.2) is 18.7 Å². The maximum atomic E-state index is 15.2. The van der Waals surface area contributed by atoms with Gasteiger partial charge in [-0.2, -0.15) is 13.2 Å². The molecule has 2 fully saturated rings. The first-order chi connectivity index (χ1) is 18.3. The normalized spacial score (nSPS) is 25.6. The molecule has 0 spiro atoms. The highest BCUT2D eigenvalue weighted by atomic mass is 19.4. The van der Waals surface area contributed by atoms with Crippen molar-refractivity contribution >= 4 is 11.7 Å². The van der Waals surface area contributed by atoms with Crippen molar-refractivity contribution < 1.29 is 31.9 Å². The third kappa shape index (κ3) is 5.08. The molecule has 7 nitrogen and oxygen atoms in total. The number of hydrogen-bond acceptors (Lipinski definition) is 6. The predicted molar refractivity (Wildman–Crippen MR) is 133 cm³/mol. The van der Waals surface area contributed by atoms with E-state index in [1.54, 1.807) is 4.90 Å². The summed E-state index contributed by atoms with van der Waals surface area (Å²) >= 11 is 0. The van der Waals surface area contributed by atoms with Crippen molar-refractivity contribution in [3.8, 4) is 0 Å². The standard InChI is InChI=1S/C27H32F5N5O2/c1-14-12-18(38)23-19(14)24(34-13-33-23)36-8-10-37(11-9-36)25(39)20(17-6-7-26(2,3)35-17)15-4-5-16(27(30,31)32)22(29)21(15)28/h4-5,13-14,17-18,20,35,38H,6-12H2,1-3H3/t14-,17?,18-,20?/m1/s1. The molecule has 2 aromatic rings. The van der Waals surface area contributed by atoms with Gasteiger partial charge >= 0.3 is 6.18 Å². The number of rotatable bonds is 4. The molecule has 212 valence electrons. The van der Waals surface area contributed by atoms with Crippen LogP contribution in [0.5, 0.6) is 0 Å². The van der Waals surface area contributed by atoms with Gasteiger partial charge in [-0.15, -0.1) is 0 Å². The summed E-state index contributed by atoms with van der Waals surface area (Å²) in [6, 6.07) is 0.838.